The van der Waals surface area contributed by atoms with Gasteiger partial charge in [-0.05, 0) is 37.3 Å². The zero-order valence-electron chi connectivity index (χ0n) is 12.2. The molecule has 1 aliphatic rings. The molecule has 0 radical (unpaired) electrons. The summed E-state index contributed by atoms with van der Waals surface area (Å²) in [6, 6.07) is 0. The number of hydrogen-bond acceptors (Lipinski definition) is 6. The number of nitrogens with zero attached hydrogens (tertiary/aromatic N) is 3. The van der Waals surface area contributed by atoms with E-state index < -0.39 is 0 Å². The maximum atomic E-state index is 5.05. The molecule has 1 unspecified atom stereocenters. The summed E-state index contributed by atoms with van der Waals surface area (Å²) in [5, 5.41) is 3.45. The third kappa shape index (κ3) is 3.64. The summed E-state index contributed by atoms with van der Waals surface area (Å²) in [5.74, 6) is 1.49. The Morgan fingerprint density at radius 2 is 2.38 bits per heavy atom. The first-order valence-electron chi connectivity index (χ1n) is 7.30. The first-order chi connectivity index (χ1) is 10.4. The van der Waals surface area contributed by atoms with E-state index >= 15 is 0 Å². The number of aryl methyl sites for hydroxylation is 1. The van der Waals surface area contributed by atoms with Crippen molar-refractivity contribution in [2.45, 2.75) is 19.3 Å². The number of nitrogens with one attached hydrogen (secondary N) is 1. The third-order valence-corrected chi connectivity index (χ3v) is 4.59. The van der Waals surface area contributed by atoms with Crippen molar-refractivity contribution in [3.05, 3.63) is 29.2 Å². The summed E-state index contributed by atoms with van der Waals surface area (Å²) in [6.07, 6.45) is 7.13. The molecule has 1 aliphatic carbocycles. The van der Waals surface area contributed by atoms with E-state index in [0.717, 1.165) is 43.2 Å². The molecule has 0 saturated heterocycles. The van der Waals surface area contributed by atoms with Crippen LogP contribution in [-0.4, -0.2) is 41.8 Å². The molecular weight excluding hydrogens is 284 g/mol. The number of ether oxygens (including phenoxy) is 1. The molecule has 1 N–H and O–H groups in total. The minimum atomic E-state index is 0.673. The van der Waals surface area contributed by atoms with Crippen LogP contribution in [0.15, 0.2) is 17.9 Å². The van der Waals surface area contributed by atoms with E-state index in [2.05, 4.69) is 15.3 Å². The fourth-order valence-electron chi connectivity index (χ4n) is 2.68. The molecule has 0 saturated carbocycles. The van der Waals surface area contributed by atoms with Crippen LogP contribution in [-0.2, 0) is 17.6 Å². The molecule has 2 aromatic rings. The Hall–Kier alpha value is -1.37. The Morgan fingerprint density at radius 3 is 3.19 bits per heavy atom. The van der Waals surface area contributed by atoms with Crippen LogP contribution in [0.3, 0.4) is 0 Å². The Kier molecular flexibility index (Phi) is 4.90. The standard InChI is InChI=1S/C15H20N4OS/c1-20-5-4-16-7-11-2-3-13-12(6-11)8-18-15(19-13)14-9-17-10-21-14/h8-11,16H,2-7H2,1H3. The van der Waals surface area contributed by atoms with Gasteiger partial charge in [0.25, 0.3) is 0 Å². The Labute approximate surface area is 128 Å². The van der Waals surface area contributed by atoms with E-state index in [4.69, 9.17) is 9.72 Å². The Morgan fingerprint density at radius 1 is 1.43 bits per heavy atom. The van der Waals surface area contributed by atoms with Crippen molar-refractivity contribution >= 4 is 11.3 Å². The second-order valence-corrected chi connectivity index (χ2v) is 6.22. The van der Waals surface area contributed by atoms with Crippen LogP contribution in [0.25, 0.3) is 10.7 Å². The smallest absolute Gasteiger partial charge is 0.171 e. The van der Waals surface area contributed by atoms with E-state index in [1.165, 1.54) is 17.7 Å². The Bertz CT molecular complexity index is 573. The van der Waals surface area contributed by atoms with Crippen LogP contribution in [0, 0.1) is 5.92 Å². The molecule has 0 fully saturated rings. The van der Waals surface area contributed by atoms with Crippen molar-refractivity contribution in [1.82, 2.24) is 20.3 Å². The molecule has 0 aromatic carbocycles. The van der Waals surface area contributed by atoms with Gasteiger partial charge < -0.3 is 10.1 Å². The van der Waals surface area contributed by atoms with Crippen molar-refractivity contribution in [3.63, 3.8) is 0 Å². The fourth-order valence-corrected chi connectivity index (χ4v) is 3.24. The van der Waals surface area contributed by atoms with Gasteiger partial charge in [0.1, 0.15) is 0 Å². The maximum Gasteiger partial charge on any atom is 0.171 e. The molecule has 0 amide bonds. The van der Waals surface area contributed by atoms with Crippen LogP contribution in [0.2, 0.25) is 0 Å². The summed E-state index contributed by atoms with van der Waals surface area (Å²) < 4.78 is 5.05. The van der Waals surface area contributed by atoms with Gasteiger partial charge in [-0.15, -0.1) is 11.3 Å². The summed E-state index contributed by atoms with van der Waals surface area (Å²) in [4.78, 5) is 14.4. The van der Waals surface area contributed by atoms with Gasteiger partial charge in [-0.25, -0.2) is 9.97 Å². The zero-order chi connectivity index (χ0) is 14.5. The monoisotopic (exact) mass is 304 g/mol. The highest BCUT2D eigenvalue weighted by Crippen LogP contribution is 2.26. The van der Waals surface area contributed by atoms with Crippen molar-refractivity contribution in [3.8, 4) is 10.7 Å². The van der Waals surface area contributed by atoms with E-state index in [1.54, 1.807) is 18.4 Å². The summed E-state index contributed by atoms with van der Waals surface area (Å²) in [7, 11) is 1.73. The second-order valence-electron chi connectivity index (χ2n) is 5.34. The van der Waals surface area contributed by atoms with Crippen LogP contribution in [0.5, 0.6) is 0 Å². The van der Waals surface area contributed by atoms with Crippen molar-refractivity contribution in [1.29, 1.82) is 0 Å². The first kappa shape index (κ1) is 14.6. The predicted molar refractivity (Wildman–Crippen MR) is 83.4 cm³/mol. The van der Waals surface area contributed by atoms with E-state index in [1.807, 2.05) is 17.9 Å². The average molecular weight is 304 g/mol. The number of hydrogen-bond donors (Lipinski definition) is 1. The summed E-state index contributed by atoms with van der Waals surface area (Å²) in [5.41, 5.74) is 4.33. The Balaban J connectivity index is 1.62. The molecule has 1 atom stereocenters. The second kappa shape index (κ2) is 7.06. The molecule has 3 rings (SSSR count). The van der Waals surface area contributed by atoms with Gasteiger partial charge in [0.15, 0.2) is 5.82 Å². The zero-order valence-corrected chi connectivity index (χ0v) is 13.0. The lowest BCUT2D eigenvalue weighted by Gasteiger charge is -2.24. The van der Waals surface area contributed by atoms with Crippen LogP contribution in [0.4, 0.5) is 0 Å². The van der Waals surface area contributed by atoms with E-state index in [-0.39, 0.29) is 0 Å². The van der Waals surface area contributed by atoms with Gasteiger partial charge >= 0.3 is 0 Å². The van der Waals surface area contributed by atoms with Crippen LogP contribution < -0.4 is 5.32 Å². The topological polar surface area (TPSA) is 59.9 Å². The number of rotatable bonds is 6. The van der Waals surface area contributed by atoms with E-state index in [0.29, 0.717) is 5.92 Å². The number of thiazole rings is 1. The van der Waals surface area contributed by atoms with Gasteiger partial charge in [0, 0.05) is 31.7 Å². The lowest BCUT2D eigenvalue weighted by Crippen LogP contribution is -2.30. The number of fused-ring (bicyclic) bond motifs is 1. The van der Waals surface area contributed by atoms with Gasteiger partial charge in [0.2, 0.25) is 0 Å². The quantitative estimate of drug-likeness (QED) is 0.827. The minimum Gasteiger partial charge on any atom is -0.383 e. The van der Waals surface area contributed by atoms with Gasteiger partial charge in [-0.1, -0.05) is 0 Å². The molecule has 21 heavy (non-hydrogen) atoms. The summed E-state index contributed by atoms with van der Waals surface area (Å²) in [6.45, 7) is 2.73. The molecule has 2 heterocycles. The fraction of sp³-hybridized carbons (Fsp3) is 0.533. The van der Waals surface area contributed by atoms with Gasteiger partial charge in [-0.2, -0.15) is 0 Å². The van der Waals surface area contributed by atoms with Crippen molar-refractivity contribution < 1.29 is 4.74 Å². The predicted octanol–water partition coefficient (Wildman–Crippen LogP) is 1.94. The third-order valence-electron chi connectivity index (χ3n) is 3.82. The minimum absolute atomic E-state index is 0.673. The molecule has 0 spiro atoms. The molecule has 2 aromatic heterocycles. The van der Waals surface area contributed by atoms with Crippen molar-refractivity contribution in [2.75, 3.05) is 26.8 Å². The van der Waals surface area contributed by atoms with Crippen LogP contribution >= 0.6 is 11.3 Å². The number of aromatic nitrogens is 3. The lowest BCUT2D eigenvalue weighted by atomic mass is 9.87. The molecule has 6 heteroatoms. The highest BCUT2D eigenvalue weighted by Gasteiger charge is 2.20. The molecule has 0 bridgehead atoms. The normalized spacial score (nSPS) is 17.7. The molecule has 5 nitrogen and oxygen atoms in total. The van der Waals surface area contributed by atoms with Crippen LogP contribution in [0.1, 0.15) is 17.7 Å². The highest BCUT2D eigenvalue weighted by molar-refractivity contribution is 7.13. The van der Waals surface area contributed by atoms with Gasteiger partial charge in [0.05, 0.1) is 17.0 Å². The van der Waals surface area contributed by atoms with E-state index in [9.17, 15) is 0 Å². The van der Waals surface area contributed by atoms with Crippen molar-refractivity contribution in [2.24, 2.45) is 5.92 Å². The van der Waals surface area contributed by atoms with Gasteiger partial charge in [-0.3, -0.25) is 4.98 Å². The lowest BCUT2D eigenvalue weighted by molar-refractivity contribution is 0.197. The molecule has 0 aliphatic heterocycles. The number of methoxy groups -OCH3 is 1. The average Bonchev–Trinajstić information content (AvgIpc) is 3.05. The first-order valence-corrected chi connectivity index (χ1v) is 8.18. The molecule has 112 valence electrons. The summed E-state index contributed by atoms with van der Waals surface area (Å²) >= 11 is 1.58. The maximum absolute atomic E-state index is 5.05. The molecular formula is C15H20N4OS. The SMILES string of the molecule is COCCNCC1CCc2nc(-c3cncs3)ncc2C1. The highest BCUT2D eigenvalue weighted by atomic mass is 32.1. The largest absolute Gasteiger partial charge is 0.383 e.